The summed E-state index contributed by atoms with van der Waals surface area (Å²) < 4.78 is 0. The minimum Gasteiger partial charge on any atom is -0.302 e. The minimum absolute atomic E-state index is 0.814. The molecule has 13 heavy (non-hydrogen) atoms. The highest BCUT2D eigenvalue weighted by molar-refractivity contribution is 5.40. The van der Waals surface area contributed by atoms with Crippen LogP contribution in [0.15, 0.2) is 9.98 Å². The topological polar surface area (TPSA) is 28.0 Å². The quantitative estimate of drug-likeness (QED) is 0.554. The first-order valence-corrected chi connectivity index (χ1v) is 5.15. The number of hydrogen-bond donors (Lipinski definition) is 0. The van der Waals surface area contributed by atoms with Crippen molar-refractivity contribution in [2.45, 2.75) is 27.2 Å². The van der Waals surface area contributed by atoms with Crippen LogP contribution in [0, 0.1) is 0 Å². The molecule has 0 unspecified atom stereocenters. The van der Waals surface area contributed by atoms with Gasteiger partial charge in [-0.15, -0.1) is 0 Å². The van der Waals surface area contributed by atoms with Crippen molar-refractivity contribution in [3.63, 3.8) is 0 Å². The lowest BCUT2D eigenvalue weighted by Gasteiger charge is -2.15. The molecule has 0 fully saturated rings. The Morgan fingerprint density at radius 3 is 2.15 bits per heavy atom. The smallest absolute Gasteiger partial charge is 0.0893 e. The molecule has 0 aromatic heterocycles. The predicted molar refractivity (Wildman–Crippen MR) is 57.7 cm³/mol. The number of aliphatic imine (C=N–C) groups is 2. The highest BCUT2D eigenvalue weighted by atomic mass is 15.1. The lowest BCUT2D eigenvalue weighted by molar-refractivity contribution is 0.313. The van der Waals surface area contributed by atoms with Crippen molar-refractivity contribution < 1.29 is 0 Å². The second-order valence-electron chi connectivity index (χ2n) is 2.89. The van der Waals surface area contributed by atoms with Crippen LogP contribution in [-0.4, -0.2) is 43.6 Å². The van der Waals surface area contributed by atoms with E-state index in [2.05, 4.69) is 41.7 Å². The maximum Gasteiger partial charge on any atom is 0.0893 e. The van der Waals surface area contributed by atoms with Crippen molar-refractivity contribution in [2.24, 2.45) is 9.98 Å². The second-order valence-corrected chi connectivity index (χ2v) is 2.89. The maximum atomic E-state index is 4.09. The summed E-state index contributed by atoms with van der Waals surface area (Å²) in [5, 5.41) is 0. The molecule has 76 valence electrons. The molecule has 0 heterocycles. The van der Waals surface area contributed by atoms with Gasteiger partial charge in [-0.05, 0) is 19.5 Å². The molecular formula is C10H21N3. The zero-order valence-corrected chi connectivity index (χ0v) is 9.08. The molecule has 0 aliphatic heterocycles. The Bertz CT molecular complexity index is 156. The Labute approximate surface area is 81.6 Å². The average Bonchev–Trinajstić information content (AvgIpc) is 2.17. The van der Waals surface area contributed by atoms with Crippen LogP contribution in [0.2, 0.25) is 0 Å². The van der Waals surface area contributed by atoms with Crippen molar-refractivity contribution in [1.29, 1.82) is 0 Å². The van der Waals surface area contributed by atoms with Gasteiger partial charge in [0.15, 0.2) is 0 Å². The fourth-order valence-corrected chi connectivity index (χ4v) is 0.993. The van der Waals surface area contributed by atoms with E-state index in [0.717, 1.165) is 39.1 Å². The summed E-state index contributed by atoms with van der Waals surface area (Å²) in [6.07, 6.45) is 1.07. The van der Waals surface area contributed by atoms with Crippen molar-refractivity contribution in [3.05, 3.63) is 0 Å². The van der Waals surface area contributed by atoms with E-state index in [1.807, 2.05) is 0 Å². The Morgan fingerprint density at radius 1 is 1.00 bits per heavy atom. The average molecular weight is 183 g/mol. The molecule has 0 saturated heterocycles. The van der Waals surface area contributed by atoms with Crippen LogP contribution in [0.5, 0.6) is 0 Å². The Morgan fingerprint density at radius 2 is 1.62 bits per heavy atom. The van der Waals surface area contributed by atoms with Crippen LogP contribution in [0.1, 0.15) is 27.2 Å². The van der Waals surface area contributed by atoms with Crippen LogP contribution in [-0.2, 0) is 0 Å². The zero-order chi connectivity index (χ0) is 9.94. The van der Waals surface area contributed by atoms with Gasteiger partial charge < -0.3 is 4.90 Å². The Hall–Kier alpha value is -0.660. The zero-order valence-electron chi connectivity index (χ0n) is 9.08. The van der Waals surface area contributed by atoms with Crippen LogP contribution in [0.4, 0.5) is 0 Å². The molecule has 0 saturated carbocycles. The van der Waals surface area contributed by atoms with Crippen LogP contribution in [0.3, 0.4) is 0 Å². The molecule has 0 radical (unpaired) electrons. The van der Waals surface area contributed by atoms with E-state index in [1.54, 1.807) is 0 Å². The van der Waals surface area contributed by atoms with Gasteiger partial charge in [0, 0.05) is 13.1 Å². The van der Waals surface area contributed by atoms with E-state index < -0.39 is 0 Å². The van der Waals surface area contributed by atoms with E-state index in [1.165, 1.54) is 0 Å². The molecule has 3 heteroatoms. The van der Waals surface area contributed by atoms with Gasteiger partial charge in [-0.3, -0.25) is 0 Å². The van der Waals surface area contributed by atoms with Crippen LogP contribution in [0.25, 0.3) is 0 Å². The molecule has 0 aliphatic carbocycles. The monoisotopic (exact) mass is 183 g/mol. The first kappa shape index (κ1) is 12.3. The van der Waals surface area contributed by atoms with Gasteiger partial charge >= 0.3 is 0 Å². The normalized spacial score (nSPS) is 9.85. The summed E-state index contributed by atoms with van der Waals surface area (Å²) in [4.78, 5) is 10.4. The summed E-state index contributed by atoms with van der Waals surface area (Å²) in [5.41, 5.74) is 0. The molecule has 0 amide bonds. The molecule has 3 nitrogen and oxygen atoms in total. The SMILES string of the molecule is CCCN=C=NCCN(CC)CC. The van der Waals surface area contributed by atoms with Gasteiger partial charge in [0.2, 0.25) is 0 Å². The lowest BCUT2D eigenvalue weighted by atomic mass is 10.5. The summed E-state index contributed by atoms with van der Waals surface area (Å²) in [6, 6.07) is 2.71. The molecule has 0 N–H and O–H groups in total. The third-order valence-corrected chi connectivity index (χ3v) is 1.90. The third kappa shape index (κ3) is 7.69. The van der Waals surface area contributed by atoms with E-state index in [-0.39, 0.29) is 0 Å². The molecule has 0 atom stereocenters. The highest BCUT2D eigenvalue weighted by Crippen LogP contribution is 1.85. The van der Waals surface area contributed by atoms with Crippen LogP contribution < -0.4 is 0 Å². The molecule has 0 bridgehead atoms. The number of rotatable bonds is 7. The standard InChI is InChI=1S/C10H21N3/c1-4-7-11-10-12-8-9-13(5-2)6-3/h4-9H2,1-3H3. The lowest BCUT2D eigenvalue weighted by Crippen LogP contribution is -2.25. The first-order chi connectivity index (χ1) is 6.35. The van der Waals surface area contributed by atoms with Gasteiger partial charge in [-0.2, -0.15) is 0 Å². The van der Waals surface area contributed by atoms with Crippen molar-refractivity contribution >= 4 is 6.01 Å². The van der Waals surface area contributed by atoms with Gasteiger partial charge in [0.1, 0.15) is 0 Å². The van der Waals surface area contributed by atoms with Gasteiger partial charge in [0.25, 0.3) is 0 Å². The summed E-state index contributed by atoms with van der Waals surface area (Å²) >= 11 is 0. The van der Waals surface area contributed by atoms with Crippen LogP contribution >= 0.6 is 0 Å². The maximum absolute atomic E-state index is 4.09. The number of likely N-dealkylation sites (N-methyl/N-ethyl adjacent to an activating group) is 1. The Balaban J connectivity index is 3.47. The molecule has 0 aromatic carbocycles. The summed E-state index contributed by atoms with van der Waals surface area (Å²) in [7, 11) is 0. The van der Waals surface area contributed by atoms with Crippen molar-refractivity contribution in [1.82, 2.24) is 4.90 Å². The number of hydrogen-bond acceptors (Lipinski definition) is 3. The van der Waals surface area contributed by atoms with Gasteiger partial charge in [-0.25, -0.2) is 9.98 Å². The fourth-order valence-electron chi connectivity index (χ4n) is 0.993. The molecule has 0 aliphatic rings. The molecular weight excluding hydrogens is 162 g/mol. The van der Waals surface area contributed by atoms with E-state index in [0.29, 0.717) is 0 Å². The second kappa shape index (κ2) is 9.43. The van der Waals surface area contributed by atoms with E-state index in [4.69, 9.17) is 0 Å². The van der Waals surface area contributed by atoms with Gasteiger partial charge in [-0.1, -0.05) is 20.8 Å². The predicted octanol–water partition coefficient (Wildman–Crippen LogP) is 1.91. The highest BCUT2D eigenvalue weighted by Gasteiger charge is 1.95. The first-order valence-electron chi connectivity index (χ1n) is 5.15. The minimum atomic E-state index is 0.814. The molecule has 0 spiro atoms. The summed E-state index contributed by atoms with van der Waals surface area (Å²) in [6.45, 7) is 11.3. The molecule has 0 aromatic rings. The summed E-state index contributed by atoms with van der Waals surface area (Å²) in [5.74, 6) is 0. The van der Waals surface area contributed by atoms with E-state index >= 15 is 0 Å². The largest absolute Gasteiger partial charge is 0.302 e. The van der Waals surface area contributed by atoms with Crippen molar-refractivity contribution in [3.8, 4) is 0 Å². The molecule has 0 rings (SSSR count). The Kier molecular flexibility index (Phi) is 8.95. The number of nitrogens with zero attached hydrogens (tertiary/aromatic N) is 3. The third-order valence-electron chi connectivity index (χ3n) is 1.90. The van der Waals surface area contributed by atoms with E-state index in [9.17, 15) is 0 Å². The van der Waals surface area contributed by atoms with Crippen molar-refractivity contribution in [2.75, 3.05) is 32.7 Å². The van der Waals surface area contributed by atoms with Gasteiger partial charge in [0.05, 0.1) is 12.6 Å². The fraction of sp³-hybridized carbons (Fsp3) is 0.900.